The minimum Gasteiger partial charge on any atom is -0.345 e. The molecule has 5 heteroatoms. The molecule has 0 aliphatic rings. The Kier molecular flexibility index (Phi) is 4.63. The smallest absolute Gasteiger partial charge is 0.251 e. The summed E-state index contributed by atoms with van der Waals surface area (Å²) in [5.74, 6) is -0.809. The van der Waals surface area contributed by atoms with E-state index in [2.05, 4.69) is 5.32 Å². The maximum Gasteiger partial charge on any atom is 0.251 e. The monoisotopic (exact) mass is 311 g/mol. The molecule has 0 unspecified atom stereocenters. The highest BCUT2D eigenvalue weighted by Crippen LogP contribution is 2.28. The molecule has 104 valence electrons. The number of hydrogen-bond donors (Lipinski definition) is 1. The van der Waals surface area contributed by atoms with Crippen molar-refractivity contribution < 1.29 is 9.18 Å². The molecule has 0 heterocycles. The zero-order chi connectivity index (χ0) is 14.7. The molecule has 1 N–H and O–H groups in total. The Morgan fingerprint density at radius 1 is 1.15 bits per heavy atom. The first-order valence-corrected chi connectivity index (χ1v) is 6.75. The molecule has 0 spiro atoms. The van der Waals surface area contributed by atoms with Crippen molar-refractivity contribution in [2.45, 2.75) is 13.0 Å². The van der Waals surface area contributed by atoms with Gasteiger partial charge in [0.05, 0.1) is 11.1 Å². The third-order valence-corrected chi connectivity index (χ3v) is 3.51. The van der Waals surface area contributed by atoms with E-state index >= 15 is 0 Å². The topological polar surface area (TPSA) is 29.1 Å². The van der Waals surface area contributed by atoms with E-state index in [1.165, 1.54) is 12.1 Å². The fourth-order valence-electron chi connectivity index (χ4n) is 1.82. The first-order valence-electron chi connectivity index (χ1n) is 5.99. The lowest BCUT2D eigenvalue weighted by atomic mass is 10.1. The lowest BCUT2D eigenvalue weighted by Crippen LogP contribution is -2.26. The molecular formula is C15H12Cl2FNO. The fourth-order valence-corrected chi connectivity index (χ4v) is 2.36. The van der Waals surface area contributed by atoms with Crippen molar-refractivity contribution >= 4 is 29.1 Å². The molecule has 1 atom stereocenters. The maximum atomic E-state index is 13.5. The van der Waals surface area contributed by atoms with Gasteiger partial charge in [-0.25, -0.2) is 4.39 Å². The van der Waals surface area contributed by atoms with Crippen LogP contribution in [0.1, 0.15) is 28.9 Å². The molecule has 1 amide bonds. The third kappa shape index (κ3) is 3.30. The SMILES string of the molecule is C[C@@H](NC(=O)c1ccccc1)c1cc(F)c(Cl)cc1Cl. The van der Waals surface area contributed by atoms with Crippen LogP contribution in [0.3, 0.4) is 0 Å². The summed E-state index contributed by atoms with van der Waals surface area (Å²) in [5, 5.41) is 3.04. The highest BCUT2D eigenvalue weighted by atomic mass is 35.5. The molecule has 0 aliphatic heterocycles. The lowest BCUT2D eigenvalue weighted by Gasteiger charge is -2.16. The van der Waals surface area contributed by atoms with Gasteiger partial charge >= 0.3 is 0 Å². The zero-order valence-corrected chi connectivity index (χ0v) is 12.2. The van der Waals surface area contributed by atoms with Gasteiger partial charge in [-0.15, -0.1) is 0 Å². The van der Waals surface area contributed by atoms with Crippen LogP contribution in [0.4, 0.5) is 4.39 Å². The standard InChI is InChI=1S/C15H12Cl2FNO/c1-9(11-7-14(18)13(17)8-12(11)16)19-15(20)10-5-3-2-4-6-10/h2-9H,1H3,(H,19,20)/t9-/m1/s1. The quantitative estimate of drug-likeness (QED) is 0.823. The van der Waals surface area contributed by atoms with Crippen molar-refractivity contribution in [1.82, 2.24) is 5.32 Å². The Hall–Kier alpha value is -1.58. The van der Waals surface area contributed by atoms with Gasteiger partial charge < -0.3 is 5.32 Å². The van der Waals surface area contributed by atoms with E-state index in [-0.39, 0.29) is 10.9 Å². The number of rotatable bonds is 3. The second kappa shape index (κ2) is 6.25. The van der Waals surface area contributed by atoms with Crippen LogP contribution in [0.15, 0.2) is 42.5 Å². The largest absolute Gasteiger partial charge is 0.345 e. The predicted molar refractivity (Wildman–Crippen MR) is 78.7 cm³/mol. The van der Waals surface area contributed by atoms with Gasteiger partial charge in [-0.3, -0.25) is 4.79 Å². The molecule has 2 rings (SSSR count). The fraction of sp³-hybridized carbons (Fsp3) is 0.133. The van der Waals surface area contributed by atoms with E-state index in [0.717, 1.165) is 0 Å². The number of carbonyl (C=O) groups is 1. The zero-order valence-electron chi connectivity index (χ0n) is 10.7. The van der Waals surface area contributed by atoms with Crippen molar-refractivity contribution in [1.29, 1.82) is 0 Å². The lowest BCUT2D eigenvalue weighted by molar-refractivity contribution is 0.0940. The molecule has 0 aromatic heterocycles. The maximum absolute atomic E-state index is 13.5. The van der Waals surface area contributed by atoms with Crippen molar-refractivity contribution in [2.24, 2.45) is 0 Å². The minimum absolute atomic E-state index is 0.0414. The summed E-state index contributed by atoms with van der Waals surface area (Å²) in [7, 11) is 0. The highest BCUT2D eigenvalue weighted by molar-refractivity contribution is 6.35. The van der Waals surface area contributed by atoms with Crippen molar-refractivity contribution in [3.63, 3.8) is 0 Å². The Labute approximate surface area is 126 Å². The van der Waals surface area contributed by atoms with Gasteiger partial charge in [-0.05, 0) is 36.8 Å². The van der Waals surface area contributed by atoms with Gasteiger partial charge in [0, 0.05) is 10.6 Å². The molecule has 0 bridgehead atoms. The van der Waals surface area contributed by atoms with Crippen molar-refractivity contribution in [3.8, 4) is 0 Å². The van der Waals surface area contributed by atoms with Crippen LogP contribution in [0.2, 0.25) is 10.0 Å². The number of hydrogen-bond acceptors (Lipinski definition) is 1. The third-order valence-electron chi connectivity index (χ3n) is 2.89. The average molecular weight is 312 g/mol. The number of carbonyl (C=O) groups excluding carboxylic acids is 1. The summed E-state index contributed by atoms with van der Waals surface area (Å²) in [6.07, 6.45) is 0. The van der Waals surface area contributed by atoms with Gasteiger partial charge in [-0.2, -0.15) is 0 Å². The Morgan fingerprint density at radius 2 is 1.80 bits per heavy atom. The van der Waals surface area contributed by atoms with Crippen LogP contribution in [0.25, 0.3) is 0 Å². The number of nitrogens with one attached hydrogen (secondary N) is 1. The summed E-state index contributed by atoms with van der Waals surface area (Å²) < 4.78 is 13.5. The molecule has 0 saturated carbocycles. The molecule has 0 radical (unpaired) electrons. The number of benzene rings is 2. The van der Waals surface area contributed by atoms with Gasteiger partial charge in [0.15, 0.2) is 0 Å². The van der Waals surface area contributed by atoms with E-state index in [1.807, 2.05) is 6.07 Å². The first-order chi connectivity index (χ1) is 9.49. The second-order valence-electron chi connectivity index (χ2n) is 4.35. The highest BCUT2D eigenvalue weighted by Gasteiger charge is 2.16. The van der Waals surface area contributed by atoms with E-state index in [9.17, 15) is 9.18 Å². The van der Waals surface area contributed by atoms with E-state index in [1.54, 1.807) is 31.2 Å². The molecule has 2 aromatic carbocycles. The van der Waals surface area contributed by atoms with E-state index < -0.39 is 11.9 Å². The van der Waals surface area contributed by atoms with Crippen molar-refractivity contribution in [2.75, 3.05) is 0 Å². The van der Waals surface area contributed by atoms with Crippen LogP contribution >= 0.6 is 23.2 Å². The second-order valence-corrected chi connectivity index (χ2v) is 5.16. The summed E-state index contributed by atoms with van der Waals surface area (Å²) in [5.41, 5.74) is 1.02. The van der Waals surface area contributed by atoms with Crippen LogP contribution in [-0.4, -0.2) is 5.91 Å². The normalized spacial score (nSPS) is 12.0. The predicted octanol–water partition coefficient (Wildman–Crippen LogP) is 4.62. The van der Waals surface area contributed by atoms with Crippen LogP contribution < -0.4 is 5.32 Å². The molecule has 0 saturated heterocycles. The summed E-state index contributed by atoms with van der Waals surface area (Å²) in [6, 6.07) is 10.9. The van der Waals surface area contributed by atoms with Gasteiger partial charge in [0.25, 0.3) is 5.91 Å². The molecule has 2 aromatic rings. The number of halogens is 3. The Morgan fingerprint density at radius 3 is 2.45 bits per heavy atom. The number of amides is 1. The summed E-state index contributed by atoms with van der Waals surface area (Å²) >= 11 is 11.7. The van der Waals surface area contributed by atoms with Crippen molar-refractivity contribution in [3.05, 3.63) is 69.5 Å². The summed E-state index contributed by atoms with van der Waals surface area (Å²) in [4.78, 5) is 12.0. The van der Waals surface area contributed by atoms with Gasteiger partial charge in [0.2, 0.25) is 0 Å². The molecular weight excluding hydrogens is 300 g/mol. The van der Waals surface area contributed by atoms with Crippen LogP contribution in [0.5, 0.6) is 0 Å². The Bertz CT molecular complexity index is 631. The minimum atomic E-state index is -0.563. The molecule has 0 aliphatic carbocycles. The average Bonchev–Trinajstić information content (AvgIpc) is 2.43. The molecule has 0 fully saturated rings. The molecule has 2 nitrogen and oxygen atoms in total. The van der Waals surface area contributed by atoms with Gasteiger partial charge in [-0.1, -0.05) is 41.4 Å². The summed E-state index contributed by atoms with van der Waals surface area (Å²) in [6.45, 7) is 1.73. The van der Waals surface area contributed by atoms with E-state index in [0.29, 0.717) is 16.1 Å². The molecule has 20 heavy (non-hydrogen) atoms. The Balaban J connectivity index is 2.19. The first kappa shape index (κ1) is 14.8. The van der Waals surface area contributed by atoms with Crippen LogP contribution in [0, 0.1) is 5.82 Å². The van der Waals surface area contributed by atoms with Crippen LogP contribution in [-0.2, 0) is 0 Å². The van der Waals surface area contributed by atoms with Gasteiger partial charge in [0.1, 0.15) is 5.82 Å². The van der Waals surface area contributed by atoms with E-state index in [4.69, 9.17) is 23.2 Å².